The molecule has 0 spiro atoms. The molecule has 0 bridgehead atoms. The minimum absolute atomic E-state index is 0.163. The van der Waals surface area contributed by atoms with E-state index in [9.17, 15) is 14.4 Å². The van der Waals surface area contributed by atoms with Gasteiger partial charge in [0.15, 0.2) is 0 Å². The highest BCUT2D eigenvalue weighted by atomic mass is 32.1. The third-order valence-corrected chi connectivity index (χ3v) is 5.61. The van der Waals surface area contributed by atoms with Crippen molar-refractivity contribution in [2.45, 2.75) is 12.6 Å². The van der Waals surface area contributed by atoms with E-state index in [2.05, 4.69) is 22.1 Å². The monoisotopic (exact) mass is 434 g/mol. The number of amides is 4. The van der Waals surface area contributed by atoms with Crippen LogP contribution in [0.1, 0.15) is 21.5 Å². The van der Waals surface area contributed by atoms with Crippen LogP contribution in [0.5, 0.6) is 5.75 Å². The third-order valence-electron chi connectivity index (χ3n) is 4.82. The molecule has 2 heterocycles. The molecule has 2 N–H and O–H groups in total. The summed E-state index contributed by atoms with van der Waals surface area (Å²) in [4.78, 5) is 41.2. The highest BCUT2D eigenvalue weighted by Gasteiger charge is 2.29. The van der Waals surface area contributed by atoms with Crippen LogP contribution in [0.25, 0.3) is 10.2 Å². The fraction of sp³-hybridized carbons (Fsp3) is 0.182. The molecule has 4 amide bonds. The van der Waals surface area contributed by atoms with Gasteiger partial charge < -0.3 is 15.0 Å². The van der Waals surface area contributed by atoms with Crippen LogP contribution in [-0.2, 0) is 11.3 Å². The Hall–Kier alpha value is -3.90. The zero-order valence-electron chi connectivity index (χ0n) is 16.5. The summed E-state index contributed by atoms with van der Waals surface area (Å²) in [5, 5.41) is 4.67. The number of benzene rings is 2. The number of nitrogens with zero attached hydrogens (tertiary/aromatic N) is 2. The number of aromatic nitrogens is 1. The maximum absolute atomic E-state index is 12.8. The molecule has 0 radical (unpaired) electrons. The normalized spacial score (nSPS) is 13.2. The molecular weight excluding hydrogens is 416 g/mol. The summed E-state index contributed by atoms with van der Waals surface area (Å²) in [6, 6.07) is 9.64. The lowest BCUT2D eigenvalue weighted by atomic mass is 10.1. The SMILES string of the molecule is COc1ccc2c(c1)C(=O)N(C[C@@H](C#Cc1ccc3ncsc3c1)NC(=O)NC=O)C2. The Kier molecular flexibility index (Phi) is 5.82. The van der Waals surface area contributed by atoms with Gasteiger partial charge in [-0.25, -0.2) is 9.78 Å². The van der Waals surface area contributed by atoms with Crippen molar-refractivity contribution in [1.82, 2.24) is 20.5 Å². The molecule has 1 aliphatic heterocycles. The zero-order chi connectivity index (χ0) is 21.8. The number of ether oxygens (including phenoxy) is 1. The molecule has 9 heteroatoms. The number of nitrogens with one attached hydrogen (secondary N) is 2. The highest BCUT2D eigenvalue weighted by molar-refractivity contribution is 7.16. The summed E-state index contributed by atoms with van der Waals surface area (Å²) < 4.78 is 6.21. The Labute approximate surface area is 182 Å². The second-order valence-electron chi connectivity index (χ2n) is 6.80. The average Bonchev–Trinajstić information content (AvgIpc) is 3.36. The summed E-state index contributed by atoms with van der Waals surface area (Å²) in [7, 11) is 1.55. The van der Waals surface area contributed by atoms with Crippen LogP contribution in [-0.4, -0.2) is 47.9 Å². The summed E-state index contributed by atoms with van der Waals surface area (Å²) in [5.41, 5.74) is 4.87. The van der Waals surface area contributed by atoms with Gasteiger partial charge in [0.25, 0.3) is 5.91 Å². The van der Waals surface area contributed by atoms with Gasteiger partial charge in [-0.1, -0.05) is 17.9 Å². The minimum atomic E-state index is -0.683. The van der Waals surface area contributed by atoms with Gasteiger partial charge in [-0.15, -0.1) is 11.3 Å². The number of methoxy groups -OCH3 is 1. The van der Waals surface area contributed by atoms with E-state index < -0.39 is 12.1 Å². The van der Waals surface area contributed by atoms with Crippen LogP contribution in [0.4, 0.5) is 4.79 Å². The van der Waals surface area contributed by atoms with Crippen LogP contribution >= 0.6 is 11.3 Å². The Morgan fingerprint density at radius 1 is 1.35 bits per heavy atom. The molecule has 8 nitrogen and oxygen atoms in total. The van der Waals surface area contributed by atoms with Gasteiger partial charge in [-0.2, -0.15) is 0 Å². The maximum Gasteiger partial charge on any atom is 0.322 e. The van der Waals surface area contributed by atoms with Gasteiger partial charge in [0.05, 0.1) is 29.4 Å². The predicted molar refractivity (Wildman–Crippen MR) is 116 cm³/mol. The molecule has 1 atom stereocenters. The number of carbonyl (C=O) groups is 3. The van der Waals surface area contributed by atoms with E-state index in [4.69, 9.17) is 4.74 Å². The standard InChI is InChI=1S/C22H18N4O4S/c1-30-17-6-4-15-10-26(21(28)18(15)9-17)11-16(25-22(29)23-12-27)5-2-14-3-7-19-20(8-14)31-13-24-19/h3-4,6-9,12-13,16H,10-11H2,1H3,(H2,23,25,27,29)/t16-/m1/s1. The molecule has 4 rings (SSSR count). The molecule has 0 saturated heterocycles. The van der Waals surface area contributed by atoms with E-state index in [0.29, 0.717) is 24.3 Å². The Balaban J connectivity index is 1.55. The minimum Gasteiger partial charge on any atom is -0.497 e. The summed E-state index contributed by atoms with van der Waals surface area (Å²) in [5.74, 6) is 6.49. The van der Waals surface area contributed by atoms with Crippen LogP contribution in [0.15, 0.2) is 41.9 Å². The first-order valence-electron chi connectivity index (χ1n) is 9.39. The van der Waals surface area contributed by atoms with Gasteiger partial charge in [-0.05, 0) is 35.9 Å². The topological polar surface area (TPSA) is 101 Å². The van der Waals surface area contributed by atoms with Crippen molar-refractivity contribution in [3.8, 4) is 17.6 Å². The number of carbonyl (C=O) groups excluding carboxylic acids is 3. The number of fused-ring (bicyclic) bond motifs is 2. The van der Waals surface area contributed by atoms with Crippen molar-refractivity contribution < 1.29 is 19.1 Å². The first-order valence-corrected chi connectivity index (χ1v) is 10.3. The summed E-state index contributed by atoms with van der Waals surface area (Å²) >= 11 is 1.51. The lowest BCUT2D eigenvalue weighted by Gasteiger charge is -2.21. The van der Waals surface area contributed by atoms with E-state index in [1.807, 2.05) is 29.6 Å². The quantitative estimate of drug-likeness (QED) is 0.473. The molecule has 0 aliphatic carbocycles. The van der Waals surface area contributed by atoms with Gasteiger partial charge in [-0.3, -0.25) is 14.9 Å². The highest BCUT2D eigenvalue weighted by Crippen LogP contribution is 2.26. The van der Waals surface area contributed by atoms with Gasteiger partial charge in [0, 0.05) is 17.7 Å². The number of hydrogen-bond acceptors (Lipinski definition) is 6. The van der Waals surface area contributed by atoms with E-state index in [1.54, 1.807) is 29.7 Å². The van der Waals surface area contributed by atoms with Crippen molar-refractivity contribution in [2.75, 3.05) is 13.7 Å². The van der Waals surface area contributed by atoms with Gasteiger partial charge >= 0.3 is 6.03 Å². The Bertz CT molecular complexity index is 1230. The fourth-order valence-corrected chi connectivity index (χ4v) is 4.04. The largest absolute Gasteiger partial charge is 0.497 e. The van der Waals surface area contributed by atoms with Crippen molar-refractivity contribution in [2.24, 2.45) is 0 Å². The molecule has 31 heavy (non-hydrogen) atoms. The lowest BCUT2D eigenvalue weighted by Crippen LogP contribution is -2.46. The zero-order valence-corrected chi connectivity index (χ0v) is 17.4. The van der Waals surface area contributed by atoms with Crippen molar-refractivity contribution in [3.63, 3.8) is 0 Å². The molecule has 3 aromatic rings. The predicted octanol–water partition coefficient (Wildman–Crippen LogP) is 2.14. The van der Waals surface area contributed by atoms with E-state index in [0.717, 1.165) is 21.3 Å². The molecule has 2 aromatic carbocycles. The van der Waals surface area contributed by atoms with Crippen LogP contribution in [0.2, 0.25) is 0 Å². The Morgan fingerprint density at radius 2 is 2.23 bits per heavy atom. The summed E-state index contributed by atoms with van der Waals surface area (Å²) in [6.45, 7) is 0.568. The first-order chi connectivity index (χ1) is 15.1. The summed E-state index contributed by atoms with van der Waals surface area (Å²) in [6.07, 6.45) is 0.292. The smallest absolute Gasteiger partial charge is 0.322 e. The number of rotatable bonds is 5. The second-order valence-corrected chi connectivity index (χ2v) is 7.69. The molecule has 1 aromatic heterocycles. The van der Waals surface area contributed by atoms with Crippen LogP contribution in [0.3, 0.4) is 0 Å². The number of urea groups is 1. The van der Waals surface area contributed by atoms with Crippen molar-refractivity contribution >= 4 is 39.9 Å². The third kappa shape index (κ3) is 4.49. The number of thiazole rings is 1. The van der Waals surface area contributed by atoms with Gasteiger partial charge in [0.2, 0.25) is 6.41 Å². The second kappa shape index (κ2) is 8.85. The first kappa shape index (κ1) is 20.4. The van der Waals surface area contributed by atoms with Crippen molar-refractivity contribution in [3.05, 3.63) is 58.6 Å². The number of hydrogen-bond donors (Lipinski definition) is 2. The average molecular weight is 434 g/mol. The molecule has 0 fully saturated rings. The van der Waals surface area contributed by atoms with Crippen molar-refractivity contribution in [1.29, 1.82) is 0 Å². The molecule has 0 saturated carbocycles. The maximum atomic E-state index is 12.8. The van der Waals surface area contributed by atoms with Crippen LogP contribution in [0, 0.1) is 11.8 Å². The van der Waals surface area contributed by atoms with Gasteiger partial charge in [0.1, 0.15) is 11.8 Å². The van der Waals surface area contributed by atoms with Crippen LogP contribution < -0.4 is 15.4 Å². The fourth-order valence-electron chi connectivity index (χ4n) is 3.32. The number of imide groups is 1. The molecule has 156 valence electrons. The van der Waals surface area contributed by atoms with E-state index >= 15 is 0 Å². The lowest BCUT2D eigenvalue weighted by molar-refractivity contribution is -0.108. The molecule has 1 aliphatic rings. The van der Waals surface area contributed by atoms with E-state index in [1.165, 1.54) is 11.3 Å². The molecule has 0 unspecified atom stereocenters. The molecular formula is C22H18N4O4S. The van der Waals surface area contributed by atoms with E-state index in [-0.39, 0.29) is 12.5 Å². The Morgan fingerprint density at radius 3 is 3.03 bits per heavy atom.